The smallest absolute Gasteiger partial charge is 0.339 e. The Balaban J connectivity index is 1.77. The first-order valence-electron chi connectivity index (χ1n) is 7.59. The fourth-order valence-corrected chi connectivity index (χ4v) is 2.97. The fraction of sp³-hybridized carbons (Fsp3) is 0.0500. The van der Waals surface area contributed by atoms with Gasteiger partial charge in [0.2, 0.25) is 5.78 Å². The predicted octanol–water partition coefficient (Wildman–Crippen LogP) is 4.02. The van der Waals surface area contributed by atoms with Gasteiger partial charge in [0.15, 0.2) is 12.4 Å². The highest BCUT2D eigenvalue weighted by atomic mass is 32.1. The summed E-state index contributed by atoms with van der Waals surface area (Å²) in [5.74, 6) is -1.22. The predicted molar refractivity (Wildman–Crippen MR) is 95.2 cm³/mol. The number of thiophene rings is 1. The molecule has 3 rings (SSSR count). The second-order valence-electron chi connectivity index (χ2n) is 5.22. The maximum absolute atomic E-state index is 12.6. The molecule has 5 heteroatoms. The number of benzene rings is 2. The Hall–Kier alpha value is -3.05. The van der Waals surface area contributed by atoms with Gasteiger partial charge in [0, 0.05) is 11.1 Å². The summed E-state index contributed by atoms with van der Waals surface area (Å²) in [4.78, 5) is 37.5. The average molecular weight is 350 g/mol. The lowest BCUT2D eigenvalue weighted by Gasteiger charge is -2.08. The molecule has 0 aliphatic rings. The van der Waals surface area contributed by atoms with Gasteiger partial charge in [-0.05, 0) is 17.5 Å². The topological polar surface area (TPSA) is 60.4 Å². The Morgan fingerprint density at radius 3 is 2.16 bits per heavy atom. The zero-order valence-electron chi connectivity index (χ0n) is 13.2. The summed E-state index contributed by atoms with van der Waals surface area (Å²) in [6, 6.07) is 18.6. The molecule has 0 fully saturated rings. The molecule has 3 aromatic rings. The van der Waals surface area contributed by atoms with Crippen LogP contribution < -0.4 is 0 Å². The number of carbonyl (C=O) groups excluding carboxylic acids is 3. The van der Waals surface area contributed by atoms with Crippen molar-refractivity contribution in [2.45, 2.75) is 0 Å². The quantitative estimate of drug-likeness (QED) is 0.498. The second kappa shape index (κ2) is 7.68. The fourth-order valence-electron chi connectivity index (χ4n) is 2.32. The van der Waals surface area contributed by atoms with Crippen LogP contribution in [0.15, 0.2) is 72.1 Å². The van der Waals surface area contributed by atoms with E-state index in [1.807, 2.05) is 6.07 Å². The van der Waals surface area contributed by atoms with Crippen molar-refractivity contribution in [1.29, 1.82) is 0 Å². The molecule has 25 heavy (non-hydrogen) atoms. The molecule has 1 heterocycles. The molecule has 0 amide bonds. The van der Waals surface area contributed by atoms with Crippen LogP contribution in [-0.2, 0) is 4.74 Å². The van der Waals surface area contributed by atoms with Crippen LogP contribution in [0, 0.1) is 0 Å². The van der Waals surface area contributed by atoms with E-state index in [0.29, 0.717) is 10.4 Å². The maximum Gasteiger partial charge on any atom is 0.339 e. The van der Waals surface area contributed by atoms with Crippen molar-refractivity contribution in [3.05, 3.63) is 93.7 Å². The minimum atomic E-state index is -0.690. The van der Waals surface area contributed by atoms with Crippen LogP contribution in [0.4, 0.5) is 0 Å². The summed E-state index contributed by atoms with van der Waals surface area (Å²) >= 11 is 1.29. The lowest BCUT2D eigenvalue weighted by Crippen LogP contribution is -2.16. The molecule has 124 valence electrons. The molecular formula is C20H14O4S. The highest BCUT2D eigenvalue weighted by Crippen LogP contribution is 2.16. The molecule has 0 N–H and O–H groups in total. The summed E-state index contributed by atoms with van der Waals surface area (Å²) in [5, 5.41) is 1.78. The van der Waals surface area contributed by atoms with Crippen LogP contribution in [0.25, 0.3) is 0 Å². The van der Waals surface area contributed by atoms with Crippen molar-refractivity contribution in [2.75, 3.05) is 6.61 Å². The largest absolute Gasteiger partial charge is 0.454 e. The van der Waals surface area contributed by atoms with Gasteiger partial charge in [0.05, 0.1) is 10.4 Å². The van der Waals surface area contributed by atoms with Crippen molar-refractivity contribution < 1.29 is 19.1 Å². The summed E-state index contributed by atoms with van der Waals surface area (Å²) in [6.07, 6.45) is 0. The Morgan fingerprint density at radius 2 is 1.48 bits per heavy atom. The number of rotatable bonds is 6. The standard InChI is InChI=1S/C20H14O4S/c21-17(18-11-6-12-25-18)13-24-20(23)16-10-5-4-9-15(16)19(22)14-7-2-1-3-8-14/h1-12H,13H2. The van der Waals surface area contributed by atoms with Crippen molar-refractivity contribution in [2.24, 2.45) is 0 Å². The molecule has 4 nitrogen and oxygen atoms in total. The molecule has 0 bridgehead atoms. The van der Waals surface area contributed by atoms with Gasteiger partial charge in [-0.1, -0.05) is 54.6 Å². The number of esters is 1. The van der Waals surface area contributed by atoms with Crippen LogP contribution in [0.1, 0.15) is 36.0 Å². The van der Waals surface area contributed by atoms with E-state index in [2.05, 4.69) is 0 Å². The molecule has 1 aromatic heterocycles. The molecule has 0 saturated carbocycles. The van der Waals surface area contributed by atoms with E-state index in [0.717, 1.165) is 0 Å². The van der Waals surface area contributed by atoms with Crippen molar-refractivity contribution >= 4 is 28.9 Å². The van der Waals surface area contributed by atoms with E-state index >= 15 is 0 Å². The van der Waals surface area contributed by atoms with E-state index in [4.69, 9.17) is 4.74 Å². The van der Waals surface area contributed by atoms with Gasteiger partial charge in [-0.3, -0.25) is 9.59 Å². The number of ether oxygens (including phenoxy) is 1. The maximum atomic E-state index is 12.6. The molecule has 0 unspecified atom stereocenters. The number of carbonyl (C=O) groups is 3. The highest BCUT2D eigenvalue weighted by Gasteiger charge is 2.20. The van der Waals surface area contributed by atoms with Gasteiger partial charge < -0.3 is 4.74 Å². The van der Waals surface area contributed by atoms with Crippen LogP contribution in [0.3, 0.4) is 0 Å². The first-order chi connectivity index (χ1) is 12.2. The second-order valence-corrected chi connectivity index (χ2v) is 6.17. The number of ketones is 2. The molecule has 0 radical (unpaired) electrons. The monoisotopic (exact) mass is 350 g/mol. The van der Waals surface area contributed by atoms with Gasteiger partial charge in [-0.15, -0.1) is 11.3 Å². The molecule has 0 atom stereocenters. The third-order valence-electron chi connectivity index (χ3n) is 3.56. The van der Waals surface area contributed by atoms with E-state index < -0.39 is 5.97 Å². The summed E-state index contributed by atoms with van der Waals surface area (Å²) in [5.41, 5.74) is 0.884. The summed E-state index contributed by atoms with van der Waals surface area (Å²) in [6.45, 7) is -0.354. The summed E-state index contributed by atoms with van der Waals surface area (Å²) < 4.78 is 5.11. The van der Waals surface area contributed by atoms with Crippen LogP contribution in [0.2, 0.25) is 0 Å². The third kappa shape index (κ3) is 3.89. The van der Waals surface area contributed by atoms with Crippen LogP contribution in [-0.4, -0.2) is 24.1 Å². The van der Waals surface area contributed by atoms with Crippen LogP contribution >= 0.6 is 11.3 Å². The minimum absolute atomic E-state index is 0.148. The SMILES string of the molecule is O=C(COC(=O)c1ccccc1C(=O)c1ccccc1)c1cccs1. The van der Waals surface area contributed by atoms with E-state index in [1.54, 1.807) is 60.0 Å². The lowest BCUT2D eigenvalue weighted by molar-refractivity contribution is 0.0474. The first kappa shape index (κ1) is 16.8. The molecule has 0 saturated heterocycles. The van der Waals surface area contributed by atoms with Crippen molar-refractivity contribution in [3.63, 3.8) is 0 Å². The molecule has 0 aliphatic carbocycles. The lowest BCUT2D eigenvalue weighted by atomic mass is 9.98. The van der Waals surface area contributed by atoms with Gasteiger partial charge in [0.25, 0.3) is 0 Å². The summed E-state index contributed by atoms with van der Waals surface area (Å²) in [7, 11) is 0. The zero-order valence-corrected chi connectivity index (χ0v) is 14.0. The molecular weight excluding hydrogens is 336 g/mol. The molecule has 0 spiro atoms. The Kier molecular flexibility index (Phi) is 5.16. The Labute approximate surface area is 148 Å². The Bertz CT molecular complexity index is 898. The van der Waals surface area contributed by atoms with E-state index in [1.165, 1.54) is 17.4 Å². The first-order valence-corrected chi connectivity index (χ1v) is 8.47. The van der Waals surface area contributed by atoms with E-state index in [9.17, 15) is 14.4 Å². The zero-order chi connectivity index (χ0) is 17.6. The third-order valence-corrected chi connectivity index (χ3v) is 4.47. The molecule has 2 aromatic carbocycles. The van der Waals surface area contributed by atoms with Crippen LogP contribution in [0.5, 0.6) is 0 Å². The minimum Gasteiger partial charge on any atom is -0.454 e. The average Bonchev–Trinajstić information content (AvgIpc) is 3.21. The number of hydrogen-bond donors (Lipinski definition) is 0. The number of Topliss-reactive ketones (excluding diaryl/α,β-unsaturated/α-hetero) is 1. The van der Waals surface area contributed by atoms with Gasteiger partial charge in [-0.25, -0.2) is 4.79 Å². The number of hydrogen-bond acceptors (Lipinski definition) is 5. The van der Waals surface area contributed by atoms with Gasteiger partial charge in [-0.2, -0.15) is 0 Å². The van der Waals surface area contributed by atoms with Gasteiger partial charge in [0.1, 0.15) is 0 Å². The Morgan fingerprint density at radius 1 is 0.800 bits per heavy atom. The van der Waals surface area contributed by atoms with Crippen molar-refractivity contribution in [1.82, 2.24) is 0 Å². The van der Waals surface area contributed by atoms with Gasteiger partial charge >= 0.3 is 5.97 Å². The highest BCUT2D eigenvalue weighted by molar-refractivity contribution is 7.12. The van der Waals surface area contributed by atoms with Crippen molar-refractivity contribution in [3.8, 4) is 0 Å². The normalized spacial score (nSPS) is 10.2. The van der Waals surface area contributed by atoms with E-state index in [-0.39, 0.29) is 29.3 Å². The molecule has 0 aliphatic heterocycles.